The highest BCUT2D eigenvalue weighted by Gasteiger charge is 2.28. The number of allylic oxidation sites excluding steroid dienone is 1. The molecule has 1 unspecified atom stereocenters. The molecule has 35 heteroatoms. The third-order valence-electron chi connectivity index (χ3n) is 20.6. The monoisotopic (exact) mass is 2400 g/mol. The number of halogens is 7. The second-order valence-corrected chi connectivity index (χ2v) is 36.7. The number of aliphatic hydroxyl groups is 3. The fourth-order valence-electron chi connectivity index (χ4n) is 12.9. The summed E-state index contributed by atoms with van der Waals surface area (Å²) in [5.41, 5.74) is 12.3. The summed E-state index contributed by atoms with van der Waals surface area (Å²) < 4.78 is 88.9. The van der Waals surface area contributed by atoms with Gasteiger partial charge in [0.1, 0.15) is 74.8 Å². The van der Waals surface area contributed by atoms with Crippen LogP contribution in [0.4, 0.5) is 32.8 Å². The number of nitriles is 1. The molecule has 150 heavy (non-hydrogen) atoms. The predicted molar refractivity (Wildman–Crippen MR) is 591 cm³/mol. The van der Waals surface area contributed by atoms with Crippen LogP contribution in [0, 0.1) is 63.9 Å². The average molecular weight is 2410 g/mol. The summed E-state index contributed by atoms with van der Waals surface area (Å²) in [4.78, 5) is 37.7. The normalized spacial score (nSPS) is 13.0. The fourth-order valence-corrected chi connectivity index (χ4v) is 15.2. The molecule has 0 amide bonds. The third kappa shape index (κ3) is 42.5. The van der Waals surface area contributed by atoms with Crippen LogP contribution < -0.4 is 29.1 Å². The van der Waals surface area contributed by atoms with Crippen molar-refractivity contribution in [2.75, 3.05) is 52.9 Å². The van der Waals surface area contributed by atoms with Gasteiger partial charge < -0.3 is 92.1 Å². The van der Waals surface area contributed by atoms with E-state index in [1.165, 1.54) is 60.4 Å². The molecule has 3 saturated heterocycles. The second-order valence-electron chi connectivity index (χ2n) is 31.6. The molecular weight excluding hydrogens is 2310 g/mol. The number of hydrogen-bond donors (Lipinski definition) is 6. The Morgan fingerprint density at radius 3 is 1.17 bits per heavy atom. The maximum Gasteiger partial charge on any atom is 0.491 e. The Morgan fingerprint density at radius 2 is 0.787 bits per heavy atom. The van der Waals surface area contributed by atoms with E-state index in [1.807, 2.05) is 66.7 Å². The minimum absolute atomic E-state index is 0.0472. The van der Waals surface area contributed by atoms with Gasteiger partial charge in [-0.3, -0.25) is 9.59 Å². The molecular formula is C115H100BBr6FN6O21. The van der Waals surface area contributed by atoms with E-state index in [-0.39, 0.29) is 56.0 Å². The first kappa shape index (κ1) is 119. The van der Waals surface area contributed by atoms with Crippen molar-refractivity contribution in [2.45, 2.75) is 84.6 Å². The molecule has 5 heterocycles. The Bertz CT molecular complexity index is 6890. The van der Waals surface area contributed by atoms with Crippen LogP contribution in [0.25, 0.3) is 24.2 Å². The first-order valence-corrected chi connectivity index (χ1v) is 50.7. The summed E-state index contributed by atoms with van der Waals surface area (Å²) >= 11 is 20.2. The molecule has 0 aromatic heterocycles. The van der Waals surface area contributed by atoms with Crippen molar-refractivity contribution in [3.05, 3.63) is 455 Å². The summed E-state index contributed by atoms with van der Waals surface area (Å²) in [6.07, 6.45) is 10.0. The van der Waals surface area contributed by atoms with Gasteiger partial charge in [0.25, 0.3) is 0 Å². The van der Waals surface area contributed by atoms with Crippen LogP contribution >= 0.6 is 95.6 Å². The molecule has 14 aromatic rings. The van der Waals surface area contributed by atoms with Gasteiger partial charge in [-0.25, -0.2) is 28.6 Å². The lowest BCUT2D eigenvalue weighted by Gasteiger charge is -2.23. The maximum atomic E-state index is 12.1. The van der Waals surface area contributed by atoms with Crippen molar-refractivity contribution in [1.29, 1.82) is 5.26 Å². The van der Waals surface area contributed by atoms with Crippen LogP contribution in [0.3, 0.4) is 0 Å². The van der Waals surface area contributed by atoms with Crippen LogP contribution in [-0.4, -0.2) is 109 Å². The van der Waals surface area contributed by atoms with Gasteiger partial charge >= 0.3 is 7.12 Å². The Balaban J connectivity index is 0.000000188. The smallest absolute Gasteiger partial charge is 0.491 e. The van der Waals surface area contributed by atoms with Crippen LogP contribution in [0.5, 0.6) is 69.0 Å². The molecule has 1 atom stereocenters. The molecule has 0 spiro atoms. The summed E-state index contributed by atoms with van der Waals surface area (Å²) in [5, 5.41) is 60.3. The van der Waals surface area contributed by atoms with Crippen LogP contribution in [0.2, 0.25) is 0 Å². The number of ether oxygens (including phenoxy) is 12. The molecule has 3 fully saturated rings. The highest BCUT2D eigenvalue weighted by Crippen LogP contribution is 2.39. The van der Waals surface area contributed by atoms with Gasteiger partial charge in [0.05, 0.1) is 117 Å². The lowest BCUT2D eigenvalue weighted by atomic mass is 9.80. The zero-order valence-electron chi connectivity index (χ0n) is 80.9. The van der Waals surface area contributed by atoms with Gasteiger partial charge in [-0.1, -0.05) is 198 Å². The summed E-state index contributed by atoms with van der Waals surface area (Å²) in [6, 6.07) is 87.5. The molecule has 6 N–H and O–H groups in total. The van der Waals surface area contributed by atoms with Gasteiger partial charge in [0.15, 0.2) is 59.9 Å². The van der Waals surface area contributed by atoms with Crippen molar-refractivity contribution in [1.82, 2.24) is 0 Å². The largest absolute Gasteiger partial charge is 0.508 e. The molecule has 19 rings (SSSR count). The van der Waals surface area contributed by atoms with E-state index in [1.54, 1.807) is 188 Å². The van der Waals surface area contributed by atoms with E-state index >= 15 is 0 Å². The van der Waals surface area contributed by atoms with Crippen molar-refractivity contribution in [2.24, 2.45) is 0 Å². The summed E-state index contributed by atoms with van der Waals surface area (Å²) in [5.74, 6) is 6.70. The van der Waals surface area contributed by atoms with Crippen molar-refractivity contribution >= 4 is 149 Å². The Labute approximate surface area is 920 Å². The maximum absolute atomic E-state index is 12.1. The molecule has 0 saturated carbocycles. The minimum Gasteiger partial charge on any atom is -0.508 e. The van der Waals surface area contributed by atoms with Crippen molar-refractivity contribution < 1.29 is 106 Å². The molecule has 5 aliphatic rings. The summed E-state index contributed by atoms with van der Waals surface area (Å²) in [7, 11) is -0.831. The third-order valence-corrected chi connectivity index (χ3v) is 25.0. The van der Waals surface area contributed by atoms with Crippen LogP contribution in [-0.2, 0) is 57.6 Å². The topological polar surface area (TPSA) is 321 Å². The van der Waals surface area contributed by atoms with E-state index in [0.717, 1.165) is 100 Å². The van der Waals surface area contributed by atoms with Crippen molar-refractivity contribution in [3.8, 4) is 75.1 Å². The SMILES string of the molecule is C1=COCCC1.Cc1ccc(C)cc1.N#Cc1ccc(F)cc1.O=Cc1cc(O)ccc1Br.OCCO.Oc1ccc(Br)c(C2OCCO2)c1.[C-]#[N+]c1ccc(Oc2ccc(Br)c(C3OCCO3)c2)cc1.[C-]#[N+]c1ccc(Oc2ccc(Br)c(C=O)c2)cc1.[C-]#[N+]c1ccc(Oc2ccc(Br)c(CO)c2)cc1.[C-]#[N+]c1ccc(Oc2ccc(Br)c(COC3CCCCO3)c2)cc1.[C-]#[N+]c1ccc(Oc2ccc3c(c2)COB3O)cc1. The standard InChI is InChI=1S/C19H18BrNO3.C16H12BrNO3.C14H10BNO3.C14H10BrNO2.C14H8BrNO2.C9H9BrO3.C8H10.C7H5BrO2.C7H4FN.C5H8O.C2H6O2/c1-21-15-5-7-16(8-6-15)24-17-9-10-18(20)14(12-17)13-23-19-4-2-3-11-22-19;1-18-11-2-4-12(5-3-11)21-13-6-7-15(17)14(10-13)16-19-8-9-20-16;1-16-11-2-4-12(5-3-11)19-13-6-7-14-10(8-13)9-18-15(14)17;2*1-16-11-2-4-12(5-3-11)18-13-6-7-14(15)10(8-13)9-17;10-8-2-1-6(11)5-7(8)9-12-3-4-13-9;1-7-3-5-8(2)6-4-7;8-7-2-1-6(10)3-5(7)4-9;8-7-3-1-6(5-9)2-4-7;1-2-4-6-5-3-1;3-1-2-4/h5-10,12,19H,2-4,11,13H2;2-7,10,16H,8-9H2;2-8,17H,9H2;2-8,17H,9H2;2-9H;1-2,5,9,11H,3-4H2;3-6H,1-2H3;1-4,10H;1-4H;2,4H,1,3,5H2;3-4H,1-2H2. The molecule has 27 nitrogen and oxygen atoms in total. The molecule has 0 bridgehead atoms. The van der Waals surface area contributed by atoms with Crippen molar-refractivity contribution in [3.63, 3.8) is 0 Å². The zero-order valence-corrected chi connectivity index (χ0v) is 90.4. The van der Waals surface area contributed by atoms with Gasteiger partial charge in [-0.05, 0) is 280 Å². The highest BCUT2D eigenvalue weighted by atomic mass is 79.9. The molecule has 768 valence electrons. The van der Waals surface area contributed by atoms with Crippen LogP contribution in [0.1, 0.15) is 110 Å². The van der Waals surface area contributed by atoms with Gasteiger partial charge in [0.2, 0.25) is 0 Å². The predicted octanol–water partition coefficient (Wildman–Crippen LogP) is 30.3. The number of nitrogens with zero attached hydrogens (tertiary/aromatic N) is 6. The molecule has 0 radical (unpaired) electrons. The zero-order chi connectivity index (χ0) is 108. The fraction of sp³-hybridized carbons (Fsp3) is 0.183. The Kier molecular flexibility index (Phi) is 52.9. The Hall–Kier alpha value is -14.1. The Morgan fingerprint density at radius 1 is 0.413 bits per heavy atom. The lowest BCUT2D eigenvalue weighted by molar-refractivity contribution is -0.169. The number of phenolic OH excluding ortho intramolecular Hbond substituents is 2. The number of aromatic hydroxyl groups is 2. The number of rotatable bonds is 19. The molecule has 5 aliphatic heterocycles. The number of benzene rings is 14. The number of hydrogen-bond acceptors (Lipinski definition) is 22. The van der Waals surface area contributed by atoms with E-state index < -0.39 is 7.12 Å². The van der Waals surface area contributed by atoms with Gasteiger partial charge in [-0.2, -0.15) is 5.26 Å². The minimum atomic E-state index is -0.831. The first-order valence-electron chi connectivity index (χ1n) is 46.0. The lowest BCUT2D eigenvalue weighted by Crippen LogP contribution is -2.27. The second kappa shape index (κ2) is 66.4. The van der Waals surface area contributed by atoms with Gasteiger partial charge in [0, 0.05) is 55.7 Å². The number of carbonyl (C=O) groups excluding carboxylic acids is 2. The van der Waals surface area contributed by atoms with E-state index in [4.69, 9.17) is 120 Å². The van der Waals surface area contributed by atoms with E-state index in [2.05, 4.69) is 158 Å². The number of carbonyl (C=O) groups is 2. The average Bonchev–Trinajstić information content (AvgIpc) is 1.64. The van der Waals surface area contributed by atoms with Crippen LogP contribution in [0.15, 0.2) is 336 Å². The quantitative estimate of drug-likeness (QED) is 0.0249. The number of fused-ring (bicyclic) bond motifs is 1. The summed E-state index contributed by atoms with van der Waals surface area (Å²) in [6.45, 7) is 43.4. The number of phenols is 2. The first-order chi connectivity index (χ1) is 72.7. The molecule has 14 aromatic carbocycles. The highest BCUT2D eigenvalue weighted by molar-refractivity contribution is 9.11. The van der Waals surface area contributed by atoms with E-state index in [0.29, 0.717) is 147 Å². The number of aliphatic hydroxyl groups excluding tert-OH is 3. The van der Waals surface area contributed by atoms with Gasteiger partial charge in [-0.15, -0.1) is 0 Å². The number of aldehydes is 2. The molecule has 0 aliphatic carbocycles. The number of aryl methyl sites for hydroxylation is 2. The van der Waals surface area contributed by atoms with E-state index in [9.17, 15) is 24.1 Å².